The zero-order valence-electron chi connectivity index (χ0n) is 19.7. The van der Waals surface area contributed by atoms with Crippen molar-refractivity contribution in [3.05, 3.63) is 63.7 Å². The largest absolute Gasteiger partial charge is 0.435 e. The number of carbonyl (C=O) groups is 1. The van der Waals surface area contributed by atoms with Crippen LogP contribution in [0.5, 0.6) is 0 Å². The second-order valence-electron chi connectivity index (χ2n) is 9.28. The maximum absolute atomic E-state index is 14.6. The third kappa shape index (κ3) is 5.20. The van der Waals surface area contributed by atoms with Crippen LogP contribution in [0.2, 0.25) is 5.02 Å². The van der Waals surface area contributed by atoms with Gasteiger partial charge < -0.3 is 0 Å². The predicted molar refractivity (Wildman–Crippen MR) is 125 cm³/mol. The summed E-state index contributed by atoms with van der Waals surface area (Å²) in [5, 5.41) is 0.0495. The lowest BCUT2D eigenvalue weighted by Gasteiger charge is -2.31. The van der Waals surface area contributed by atoms with Gasteiger partial charge in [0.1, 0.15) is 15.7 Å². The van der Waals surface area contributed by atoms with Gasteiger partial charge in [-0.1, -0.05) is 29.8 Å². The molecule has 3 rings (SSSR count). The maximum atomic E-state index is 14.6. The molecule has 0 aromatic heterocycles. The van der Waals surface area contributed by atoms with Gasteiger partial charge >= 0.3 is 18.0 Å². The van der Waals surface area contributed by atoms with Crippen molar-refractivity contribution in [2.45, 2.75) is 44.3 Å². The van der Waals surface area contributed by atoms with Crippen LogP contribution < -0.4 is 4.90 Å². The zero-order chi connectivity index (χ0) is 28.4. The van der Waals surface area contributed by atoms with E-state index in [0.717, 1.165) is 24.1 Å². The number of hydrogen-bond donors (Lipinski definition) is 0. The van der Waals surface area contributed by atoms with E-state index in [-0.39, 0.29) is 33.2 Å². The number of aryl methyl sites for hydroxylation is 1. The van der Waals surface area contributed by atoms with E-state index >= 15 is 0 Å². The van der Waals surface area contributed by atoms with Gasteiger partial charge in [-0.25, -0.2) is 12.8 Å². The molecule has 0 spiro atoms. The normalized spacial score (nSPS) is 16.5. The smallest absolute Gasteiger partial charge is 0.268 e. The Morgan fingerprint density at radius 2 is 1.54 bits per heavy atom. The number of benzene rings is 2. The first-order valence-corrected chi connectivity index (χ1v) is 12.9. The Morgan fingerprint density at radius 1 is 0.973 bits per heavy atom. The number of anilines is 1. The lowest BCUT2D eigenvalue weighted by molar-refractivity contribution is -0.348. The van der Waals surface area contributed by atoms with Crippen molar-refractivity contribution in [2.24, 2.45) is 4.99 Å². The Kier molecular flexibility index (Phi) is 7.00. The van der Waals surface area contributed by atoms with E-state index in [1.807, 2.05) is 0 Å². The van der Waals surface area contributed by atoms with Gasteiger partial charge in [0.15, 0.2) is 0 Å². The molecule has 2 aromatic carbocycles. The van der Waals surface area contributed by atoms with Gasteiger partial charge in [-0.3, -0.25) is 14.7 Å². The van der Waals surface area contributed by atoms with Crippen molar-refractivity contribution in [1.29, 1.82) is 0 Å². The average molecular weight is 573 g/mol. The van der Waals surface area contributed by atoms with E-state index in [4.69, 9.17) is 11.6 Å². The fraction of sp³-hybridized carbons (Fsp3) is 0.391. The minimum Gasteiger partial charge on any atom is -0.268 e. The van der Waals surface area contributed by atoms with Gasteiger partial charge in [-0.2, -0.15) is 26.3 Å². The molecule has 5 nitrogen and oxygen atoms in total. The highest BCUT2D eigenvalue weighted by Crippen LogP contribution is 2.53. The van der Waals surface area contributed by atoms with Gasteiger partial charge in [-0.15, -0.1) is 0 Å². The fourth-order valence-electron chi connectivity index (χ4n) is 4.16. The van der Waals surface area contributed by atoms with Crippen molar-refractivity contribution in [1.82, 2.24) is 0 Å². The first-order chi connectivity index (χ1) is 16.6. The third-order valence-electron chi connectivity index (χ3n) is 5.52. The number of alkyl halides is 7. The molecule has 0 saturated carbocycles. The summed E-state index contributed by atoms with van der Waals surface area (Å²) >= 11 is 6.29. The molecule has 1 amide bonds. The highest BCUT2D eigenvalue weighted by Gasteiger charge is 2.73. The Balaban J connectivity index is 2.25. The second kappa shape index (κ2) is 8.97. The highest BCUT2D eigenvalue weighted by molar-refractivity contribution is 7.90. The van der Waals surface area contributed by atoms with Crippen molar-refractivity contribution in [3.8, 4) is 0 Å². The van der Waals surface area contributed by atoms with Gasteiger partial charge in [0.25, 0.3) is 5.91 Å². The number of aliphatic imine (C=N–C) groups is 1. The lowest BCUT2D eigenvalue weighted by Crippen LogP contribution is -2.50. The summed E-state index contributed by atoms with van der Waals surface area (Å²) in [6.07, 6.45) is -11.6. The number of carbonyl (C=O) groups excluding carboxylic acids is 1. The molecular weight excluding hydrogens is 553 g/mol. The molecular formula is C23H20ClF7N2O3S. The highest BCUT2D eigenvalue weighted by atomic mass is 35.5. The summed E-state index contributed by atoms with van der Waals surface area (Å²) in [6, 6.07) is 5.64. The van der Waals surface area contributed by atoms with Gasteiger partial charge in [0.2, 0.25) is 0 Å². The number of halogens is 8. The van der Waals surface area contributed by atoms with Crippen LogP contribution in [0.1, 0.15) is 40.9 Å². The molecule has 37 heavy (non-hydrogen) atoms. The fourth-order valence-corrected chi connectivity index (χ4v) is 5.76. The van der Waals surface area contributed by atoms with Crippen LogP contribution >= 0.6 is 11.6 Å². The van der Waals surface area contributed by atoms with Crippen molar-refractivity contribution in [3.63, 3.8) is 0 Å². The summed E-state index contributed by atoms with van der Waals surface area (Å²) in [5.41, 5.74) is -9.07. The molecule has 1 aliphatic rings. The molecule has 0 bridgehead atoms. The first kappa shape index (κ1) is 28.9. The molecule has 2 aromatic rings. The zero-order valence-corrected chi connectivity index (χ0v) is 21.3. The van der Waals surface area contributed by atoms with Crippen LogP contribution in [-0.4, -0.2) is 50.1 Å². The number of fused-ring (bicyclic) bond motifs is 1. The van der Waals surface area contributed by atoms with E-state index < -0.39 is 50.6 Å². The van der Waals surface area contributed by atoms with Crippen LogP contribution in [0.25, 0.3) is 0 Å². The van der Waals surface area contributed by atoms with Crippen molar-refractivity contribution < 1.29 is 43.9 Å². The predicted octanol–water partition coefficient (Wildman–Crippen LogP) is 6.17. The monoisotopic (exact) mass is 572 g/mol. The van der Waals surface area contributed by atoms with Crippen LogP contribution in [0.15, 0.2) is 41.4 Å². The molecule has 0 radical (unpaired) electrons. The number of nitrogens with zero attached hydrogens (tertiary/aromatic N) is 2. The van der Waals surface area contributed by atoms with Crippen molar-refractivity contribution in [2.75, 3.05) is 16.9 Å². The summed E-state index contributed by atoms with van der Waals surface area (Å²) in [7, 11) is -3.56. The number of rotatable bonds is 5. The Labute approximate surface area is 212 Å². The van der Waals surface area contributed by atoms with Crippen LogP contribution in [0.4, 0.5) is 36.4 Å². The molecule has 0 atom stereocenters. The minimum absolute atomic E-state index is 0.0234. The number of sulfone groups is 1. The molecule has 0 fully saturated rings. The number of amides is 1. The Hall–Kier alpha value is -2.67. The van der Waals surface area contributed by atoms with Gasteiger partial charge in [-0.05, 0) is 44.5 Å². The summed E-state index contributed by atoms with van der Waals surface area (Å²) in [5.74, 6) is -1.38. The molecule has 1 heterocycles. The second-order valence-corrected chi connectivity index (χ2v) is 11.8. The van der Waals surface area contributed by atoms with Crippen LogP contribution in [-0.2, 0) is 15.5 Å². The van der Waals surface area contributed by atoms with E-state index in [1.165, 1.54) is 32.0 Å². The summed E-state index contributed by atoms with van der Waals surface area (Å²) < 4.78 is 118. The topological polar surface area (TPSA) is 66.8 Å². The lowest BCUT2D eigenvalue weighted by atomic mass is 9.92. The molecule has 1 aliphatic heterocycles. The van der Waals surface area contributed by atoms with Gasteiger partial charge in [0.05, 0.1) is 27.6 Å². The van der Waals surface area contributed by atoms with E-state index in [9.17, 15) is 43.9 Å². The van der Waals surface area contributed by atoms with Crippen LogP contribution in [0, 0.1) is 6.92 Å². The molecule has 0 unspecified atom stereocenters. The maximum Gasteiger partial charge on any atom is 0.435 e. The molecule has 0 N–H and O–H groups in total. The summed E-state index contributed by atoms with van der Waals surface area (Å²) in [4.78, 5) is 18.6. The Bertz CT molecular complexity index is 1390. The molecule has 14 heteroatoms. The van der Waals surface area contributed by atoms with E-state index in [2.05, 4.69) is 4.99 Å². The standard InChI is InChI=1S/C23H20ClF7N2O3S/c1-12-10-13(21(25,22(26,27)28)23(29,30)31)8-9-16(12)33-18(32-20(2,3)11-37(4,35)36)17-14(19(33)34)6-5-7-15(17)24/h5-10H,11H2,1-4H3/b32-18-. The van der Waals surface area contributed by atoms with E-state index in [0.29, 0.717) is 12.1 Å². The average Bonchev–Trinajstić information content (AvgIpc) is 2.96. The first-order valence-electron chi connectivity index (χ1n) is 10.4. The molecule has 0 aliphatic carbocycles. The quantitative estimate of drug-likeness (QED) is 0.403. The third-order valence-corrected chi connectivity index (χ3v) is 7.07. The Morgan fingerprint density at radius 3 is 2.03 bits per heavy atom. The molecule has 0 saturated heterocycles. The minimum atomic E-state index is -6.31. The number of amidine groups is 1. The van der Waals surface area contributed by atoms with E-state index in [1.54, 1.807) is 0 Å². The SMILES string of the molecule is Cc1cc(C(F)(C(F)(F)F)C(F)(F)F)ccc1N1C(=O)c2cccc(Cl)c2/C1=N/C(C)(C)CS(C)(=O)=O. The van der Waals surface area contributed by atoms with Crippen molar-refractivity contribution >= 4 is 38.9 Å². The summed E-state index contributed by atoms with van der Waals surface area (Å²) in [6.45, 7) is 4.01. The molecule has 202 valence electrons. The van der Waals surface area contributed by atoms with Gasteiger partial charge in [0, 0.05) is 17.4 Å². The number of hydrogen-bond acceptors (Lipinski definition) is 4. The van der Waals surface area contributed by atoms with Crippen LogP contribution in [0.3, 0.4) is 0 Å².